The summed E-state index contributed by atoms with van der Waals surface area (Å²) in [5, 5.41) is 10.1. The Morgan fingerprint density at radius 3 is 2.08 bits per heavy atom. The predicted octanol–water partition coefficient (Wildman–Crippen LogP) is 2.71. The molecule has 0 radical (unpaired) electrons. The summed E-state index contributed by atoms with van der Waals surface area (Å²) >= 11 is 0. The Balaban J connectivity index is 2.76. The molecule has 1 rings (SSSR count). The van der Waals surface area contributed by atoms with Gasteiger partial charge in [0.1, 0.15) is 17.3 Å². The van der Waals surface area contributed by atoms with Crippen molar-refractivity contribution in [3.63, 3.8) is 0 Å². The molecule has 25 heavy (non-hydrogen) atoms. The zero-order chi connectivity index (χ0) is 19.4. The summed E-state index contributed by atoms with van der Waals surface area (Å²) in [4.78, 5) is 24.8. The number of aliphatic hydroxyl groups excluding tert-OH is 1. The van der Waals surface area contributed by atoms with Gasteiger partial charge in [-0.25, -0.2) is 0 Å². The third-order valence-corrected chi connectivity index (χ3v) is 4.62. The van der Waals surface area contributed by atoms with Gasteiger partial charge in [0.05, 0.1) is 19.3 Å². The molecule has 0 saturated carbocycles. The van der Waals surface area contributed by atoms with Crippen molar-refractivity contribution in [2.75, 3.05) is 13.2 Å². The fourth-order valence-corrected chi connectivity index (χ4v) is 2.94. The number of hydrogen-bond acceptors (Lipinski definition) is 6. The maximum atomic E-state index is 12.4. The van der Waals surface area contributed by atoms with E-state index in [1.165, 1.54) is 0 Å². The molecule has 1 fully saturated rings. The van der Waals surface area contributed by atoms with Gasteiger partial charge in [-0.3, -0.25) is 9.59 Å². The van der Waals surface area contributed by atoms with Crippen molar-refractivity contribution >= 4 is 11.8 Å². The smallest absolute Gasteiger partial charge is 0.314 e. The van der Waals surface area contributed by atoms with Crippen LogP contribution in [0.5, 0.6) is 0 Å². The second-order valence-electron chi connectivity index (χ2n) is 8.25. The second kappa shape index (κ2) is 8.60. The van der Waals surface area contributed by atoms with Crippen molar-refractivity contribution in [3.05, 3.63) is 0 Å². The Bertz CT molecular complexity index is 459. The van der Waals surface area contributed by atoms with E-state index in [1.54, 1.807) is 34.6 Å². The highest BCUT2D eigenvalue weighted by molar-refractivity contribution is 5.81. The number of aliphatic hydroxyl groups is 1. The van der Waals surface area contributed by atoms with E-state index in [2.05, 4.69) is 0 Å². The lowest BCUT2D eigenvalue weighted by atomic mass is 9.87. The van der Waals surface area contributed by atoms with Gasteiger partial charge in [0, 0.05) is 18.8 Å². The minimum absolute atomic E-state index is 0.00702. The molecule has 0 aromatic heterocycles. The molecule has 0 aromatic rings. The minimum atomic E-state index is -1.14. The van der Waals surface area contributed by atoms with Gasteiger partial charge >= 0.3 is 5.97 Å². The molecule has 6 nitrogen and oxygen atoms in total. The van der Waals surface area contributed by atoms with Crippen molar-refractivity contribution in [3.8, 4) is 0 Å². The van der Waals surface area contributed by atoms with Gasteiger partial charge in [0.2, 0.25) is 0 Å². The molecule has 1 saturated heterocycles. The first-order chi connectivity index (χ1) is 11.4. The summed E-state index contributed by atoms with van der Waals surface area (Å²) in [6.07, 6.45) is -0.239. The quantitative estimate of drug-likeness (QED) is 0.672. The van der Waals surface area contributed by atoms with Crippen LogP contribution in [-0.4, -0.2) is 47.6 Å². The Labute approximate surface area is 151 Å². The largest absolute Gasteiger partial charge is 0.460 e. The summed E-state index contributed by atoms with van der Waals surface area (Å²) in [6.45, 7) is 13.4. The molecule has 1 heterocycles. The first-order valence-electron chi connectivity index (χ1n) is 9.11. The number of esters is 1. The van der Waals surface area contributed by atoms with E-state index in [4.69, 9.17) is 14.2 Å². The number of hydrogen-bond donors (Lipinski definition) is 1. The van der Waals surface area contributed by atoms with Gasteiger partial charge in [-0.15, -0.1) is 0 Å². The summed E-state index contributed by atoms with van der Waals surface area (Å²) in [5.41, 5.74) is -0.600. The summed E-state index contributed by atoms with van der Waals surface area (Å²) < 4.78 is 16.9. The maximum Gasteiger partial charge on any atom is 0.314 e. The molecule has 0 bridgehead atoms. The lowest BCUT2D eigenvalue weighted by Crippen LogP contribution is -2.45. The van der Waals surface area contributed by atoms with Crippen LogP contribution < -0.4 is 0 Å². The van der Waals surface area contributed by atoms with E-state index >= 15 is 0 Å². The fraction of sp³-hybridized carbons (Fsp3) is 0.895. The highest BCUT2D eigenvalue weighted by Crippen LogP contribution is 2.35. The minimum Gasteiger partial charge on any atom is -0.460 e. The monoisotopic (exact) mass is 358 g/mol. The predicted molar refractivity (Wildman–Crippen MR) is 93.9 cm³/mol. The second-order valence-corrected chi connectivity index (χ2v) is 8.25. The van der Waals surface area contributed by atoms with Gasteiger partial charge in [-0.05, 0) is 33.6 Å². The maximum absolute atomic E-state index is 12.4. The van der Waals surface area contributed by atoms with Crippen molar-refractivity contribution in [2.24, 2.45) is 17.8 Å². The molecule has 0 aliphatic carbocycles. The first-order valence-corrected chi connectivity index (χ1v) is 9.11. The summed E-state index contributed by atoms with van der Waals surface area (Å²) in [5.74, 6) is -2.70. The Morgan fingerprint density at radius 2 is 1.64 bits per heavy atom. The van der Waals surface area contributed by atoms with Crippen molar-refractivity contribution in [2.45, 2.75) is 78.8 Å². The van der Waals surface area contributed by atoms with E-state index in [0.29, 0.717) is 13.2 Å². The van der Waals surface area contributed by atoms with E-state index < -0.39 is 35.3 Å². The molecule has 0 aromatic carbocycles. The van der Waals surface area contributed by atoms with Crippen molar-refractivity contribution in [1.82, 2.24) is 0 Å². The number of Topliss-reactive ketones (excluding diaryl/α,β-unsaturated/α-hetero) is 1. The van der Waals surface area contributed by atoms with Crippen LogP contribution in [-0.2, 0) is 23.8 Å². The first kappa shape index (κ1) is 22.1. The number of ether oxygens (including phenoxy) is 3. The van der Waals surface area contributed by atoms with E-state index in [1.807, 2.05) is 13.8 Å². The van der Waals surface area contributed by atoms with Gasteiger partial charge in [-0.2, -0.15) is 0 Å². The van der Waals surface area contributed by atoms with E-state index in [0.717, 1.165) is 0 Å². The lowest BCUT2D eigenvalue weighted by Gasteiger charge is -2.34. The van der Waals surface area contributed by atoms with Gasteiger partial charge in [0.25, 0.3) is 0 Å². The van der Waals surface area contributed by atoms with Gasteiger partial charge in [-0.1, -0.05) is 20.8 Å². The molecule has 146 valence electrons. The molecule has 1 aliphatic rings. The Kier molecular flexibility index (Phi) is 7.59. The van der Waals surface area contributed by atoms with E-state index in [9.17, 15) is 14.7 Å². The zero-order valence-electron chi connectivity index (χ0n) is 16.6. The zero-order valence-corrected chi connectivity index (χ0v) is 16.6. The lowest BCUT2D eigenvalue weighted by molar-refractivity contribution is -0.215. The Hall–Kier alpha value is -0.980. The van der Waals surface area contributed by atoms with Crippen LogP contribution in [0.4, 0.5) is 0 Å². The topological polar surface area (TPSA) is 82.1 Å². The fourth-order valence-electron chi connectivity index (χ4n) is 2.94. The van der Waals surface area contributed by atoms with Gasteiger partial charge in [0.15, 0.2) is 5.79 Å². The average Bonchev–Trinajstić information content (AvgIpc) is 2.98. The number of rotatable bonds is 8. The molecular weight excluding hydrogens is 324 g/mol. The van der Waals surface area contributed by atoms with Crippen LogP contribution in [0.2, 0.25) is 0 Å². The SMILES string of the molecule is CC(C)[C@H](O)[C@H](C)C(=O)CCC1(C(C)C(=O)OC(C)(C)C)OCCO1. The molecule has 6 heteroatoms. The number of carbonyl (C=O) groups excluding carboxylic acids is 2. The summed E-state index contributed by atoms with van der Waals surface area (Å²) in [6, 6.07) is 0. The van der Waals surface area contributed by atoms with E-state index in [-0.39, 0.29) is 24.5 Å². The standard InChI is InChI=1S/C19H34O6/c1-12(2)16(21)13(3)15(20)8-9-19(23-10-11-24-19)14(4)17(22)25-18(5,6)7/h12-14,16,21H,8-11H2,1-7H3/t13-,14?,16+/m1/s1. The van der Waals surface area contributed by atoms with Crippen LogP contribution in [0, 0.1) is 17.8 Å². The van der Waals surface area contributed by atoms with Crippen molar-refractivity contribution < 1.29 is 28.9 Å². The molecule has 0 spiro atoms. The molecule has 1 unspecified atom stereocenters. The third-order valence-electron chi connectivity index (χ3n) is 4.62. The molecule has 0 amide bonds. The third kappa shape index (κ3) is 6.04. The van der Waals surface area contributed by atoms with Crippen LogP contribution in [0.25, 0.3) is 0 Å². The highest BCUT2D eigenvalue weighted by Gasteiger charge is 2.47. The molecule has 3 atom stereocenters. The van der Waals surface area contributed by atoms with Crippen LogP contribution in [0.15, 0.2) is 0 Å². The van der Waals surface area contributed by atoms with Crippen LogP contribution in [0.3, 0.4) is 0 Å². The van der Waals surface area contributed by atoms with Gasteiger partial charge < -0.3 is 19.3 Å². The average molecular weight is 358 g/mol. The van der Waals surface area contributed by atoms with Crippen molar-refractivity contribution in [1.29, 1.82) is 0 Å². The normalized spacial score (nSPS) is 21.0. The summed E-state index contributed by atoms with van der Waals surface area (Å²) in [7, 11) is 0. The Morgan fingerprint density at radius 1 is 1.12 bits per heavy atom. The highest BCUT2D eigenvalue weighted by atomic mass is 16.7. The number of carbonyl (C=O) groups is 2. The van der Waals surface area contributed by atoms with Crippen LogP contribution >= 0.6 is 0 Å². The molecular formula is C19H34O6. The number of ketones is 1. The van der Waals surface area contributed by atoms with Crippen LogP contribution in [0.1, 0.15) is 61.3 Å². The molecule has 1 N–H and O–H groups in total. The molecule has 1 aliphatic heterocycles.